The molecule has 0 radical (unpaired) electrons. The number of hydrogen-bond donors (Lipinski definition) is 4. The van der Waals surface area contributed by atoms with Crippen molar-refractivity contribution >= 4 is 29.9 Å². The maximum atomic E-state index is 9.65. The molecule has 2 atom stereocenters. The molecule has 2 unspecified atom stereocenters. The number of guanidine groups is 1. The molecule has 5 nitrogen and oxygen atoms in total. The third-order valence-corrected chi connectivity index (χ3v) is 4.09. The van der Waals surface area contributed by atoms with Crippen molar-refractivity contribution in [3.63, 3.8) is 0 Å². The molecule has 25 heavy (non-hydrogen) atoms. The minimum absolute atomic E-state index is 0. The first-order chi connectivity index (χ1) is 11.7. The van der Waals surface area contributed by atoms with Crippen molar-refractivity contribution in [3.05, 3.63) is 35.9 Å². The Morgan fingerprint density at radius 2 is 1.80 bits per heavy atom. The van der Waals surface area contributed by atoms with E-state index in [1.165, 1.54) is 0 Å². The zero-order valence-electron chi connectivity index (χ0n) is 15.4. The number of benzene rings is 1. The second-order valence-corrected chi connectivity index (χ2v) is 6.06. The summed E-state index contributed by atoms with van der Waals surface area (Å²) in [5.74, 6) is 1.23. The van der Waals surface area contributed by atoms with Gasteiger partial charge in [0, 0.05) is 32.2 Å². The Morgan fingerprint density at radius 3 is 2.36 bits per heavy atom. The van der Waals surface area contributed by atoms with E-state index in [9.17, 15) is 5.11 Å². The van der Waals surface area contributed by atoms with Crippen molar-refractivity contribution in [3.8, 4) is 0 Å². The lowest BCUT2D eigenvalue weighted by atomic mass is 10.00. The van der Waals surface area contributed by atoms with Crippen molar-refractivity contribution in [2.24, 2.45) is 10.9 Å². The summed E-state index contributed by atoms with van der Waals surface area (Å²) in [6.45, 7) is 6.63. The molecule has 0 aliphatic rings. The van der Waals surface area contributed by atoms with Crippen molar-refractivity contribution in [1.29, 1.82) is 0 Å². The van der Waals surface area contributed by atoms with Gasteiger partial charge in [0.1, 0.15) is 0 Å². The van der Waals surface area contributed by atoms with Gasteiger partial charge in [-0.05, 0) is 31.2 Å². The van der Waals surface area contributed by atoms with Crippen LogP contribution in [0.2, 0.25) is 0 Å². The summed E-state index contributed by atoms with van der Waals surface area (Å²) in [4.78, 5) is 4.65. The minimum atomic E-state index is 0. The minimum Gasteiger partial charge on any atom is -0.396 e. The highest BCUT2D eigenvalue weighted by Crippen LogP contribution is 2.14. The summed E-state index contributed by atoms with van der Waals surface area (Å²) in [6, 6.07) is 10.0. The summed E-state index contributed by atoms with van der Waals surface area (Å²) in [5.41, 5.74) is 1.12. The molecule has 1 aromatic carbocycles. The quantitative estimate of drug-likeness (QED) is 0.231. The highest BCUT2D eigenvalue weighted by atomic mass is 127. The first-order valence-corrected chi connectivity index (χ1v) is 9.03. The highest BCUT2D eigenvalue weighted by Gasteiger charge is 2.11. The van der Waals surface area contributed by atoms with Gasteiger partial charge in [-0.15, -0.1) is 24.0 Å². The van der Waals surface area contributed by atoms with Crippen LogP contribution in [0.1, 0.15) is 44.6 Å². The Labute approximate surface area is 169 Å². The number of hydrogen-bond acceptors (Lipinski definition) is 3. The van der Waals surface area contributed by atoms with Crippen LogP contribution in [0.5, 0.6) is 0 Å². The number of aliphatic imine (C=N–C) groups is 1. The average molecular weight is 463 g/mol. The lowest BCUT2D eigenvalue weighted by molar-refractivity contribution is 0.253. The third kappa shape index (κ3) is 10.0. The van der Waals surface area contributed by atoms with Gasteiger partial charge < -0.3 is 20.8 Å². The number of aliphatic hydroxyl groups is 2. The first kappa shape index (κ1) is 24.1. The Hall–Kier alpha value is -0.860. The van der Waals surface area contributed by atoms with Gasteiger partial charge >= 0.3 is 0 Å². The van der Waals surface area contributed by atoms with Gasteiger partial charge in [0.25, 0.3) is 0 Å². The molecule has 0 aromatic heterocycles. The molecule has 0 fully saturated rings. The van der Waals surface area contributed by atoms with E-state index in [-0.39, 0.29) is 43.1 Å². The van der Waals surface area contributed by atoms with Gasteiger partial charge in [0.15, 0.2) is 5.96 Å². The SMILES string of the molecule is CCCC(CCO)CN=C(NCC)NCC(CO)c1ccccc1.I. The number of halogens is 1. The maximum absolute atomic E-state index is 9.65. The van der Waals surface area contributed by atoms with Crippen LogP contribution >= 0.6 is 24.0 Å². The second-order valence-electron chi connectivity index (χ2n) is 6.06. The zero-order valence-corrected chi connectivity index (χ0v) is 17.8. The summed E-state index contributed by atoms with van der Waals surface area (Å²) in [6.07, 6.45) is 2.97. The van der Waals surface area contributed by atoms with Gasteiger partial charge in [0.2, 0.25) is 0 Å². The maximum Gasteiger partial charge on any atom is 0.191 e. The van der Waals surface area contributed by atoms with E-state index in [0.717, 1.165) is 37.3 Å². The predicted molar refractivity (Wildman–Crippen MR) is 116 cm³/mol. The van der Waals surface area contributed by atoms with Gasteiger partial charge in [-0.1, -0.05) is 43.7 Å². The summed E-state index contributed by atoms with van der Waals surface area (Å²) >= 11 is 0. The molecule has 0 heterocycles. The van der Waals surface area contributed by atoms with Gasteiger partial charge in [0.05, 0.1) is 6.61 Å². The lowest BCUT2D eigenvalue weighted by Gasteiger charge is -2.19. The Balaban J connectivity index is 0.00000576. The van der Waals surface area contributed by atoms with Crippen molar-refractivity contribution < 1.29 is 10.2 Å². The zero-order chi connectivity index (χ0) is 17.6. The average Bonchev–Trinajstić information content (AvgIpc) is 2.61. The summed E-state index contributed by atoms with van der Waals surface area (Å²) < 4.78 is 0. The fourth-order valence-corrected chi connectivity index (χ4v) is 2.71. The van der Waals surface area contributed by atoms with Crippen molar-refractivity contribution in [2.75, 3.05) is 32.8 Å². The Kier molecular flexibility index (Phi) is 14.9. The van der Waals surface area contributed by atoms with Gasteiger partial charge in [-0.3, -0.25) is 4.99 Å². The van der Waals surface area contributed by atoms with Crippen LogP contribution < -0.4 is 10.6 Å². The third-order valence-electron chi connectivity index (χ3n) is 4.09. The fraction of sp³-hybridized carbons (Fsp3) is 0.632. The summed E-state index contributed by atoms with van der Waals surface area (Å²) in [5, 5.41) is 25.4. The molecule has 144 valence electrons. The van der Waals surface area contributed by atoms with Gasteiger partial charge in [-0.2, -0.15) is 0 Å². The molecule has 0 aliphatic heterocycles. The number of nitrogens with one attached hydrogen (secondary N) is 2. The summed E-state index contributed by atoms with van der Waals surface area (Å²) in [7, 11) is 0. The topological polar surface area (TPSA) is 76.9 Å². The largest absolute Gasteiger partial charge is 0.396 e. The molecule has 4 N–H and O–H groups in total. The molecule has 1 aromatic rings. The van der Waals surface area contributed by atoms with E-state index < -0.39 is 0 Å². The number of aliphatic hydroxyl groups excluding tert-OH is 2. The molecule has 1 rings (SSSR count). The molecule has 0 amide bonds. The monoisotopic (exact) mass is 463 g/mol. The van der Waals surface area contributed by atoms with Crippen LogP contribution in [-0.2, 0) is 0 Å². The van der Waals surface area contributed by atoms with Crippen LogP contribution in [0.4, 0.5) is 0 Å². The van der Waals surface area contributed by atoms with Crippen LogP contribution in [0, 0.1) is 5.92 Å². The molecular formula is C19H34IN3O2. The molecule has 6 heteroatoms. The molecule has 0 saturated heterocycles. The smallest absolute Gasteiger partial charge is 0.191 e. The lowest BCUT2D eigenvalue weighted by Crippen LogP contribution is -2.40. The molecule has 0 aliphatic carbocycles. The predicted octanol–water partition coefficient (Wildman–Crippen LogP) is 2.73. The van der Waals surface area contributed by atoms with E-state index >= 15 is 0 Å². The second kappa shape index (κ2) is 15.4. The van der Waals surface area contributed by atoms with E-state index in [1.54, 1.807) is 0 Å². The fourth-order valence-electron chi connectivity index (χ4n) is 2.71. The van der Waals surface area contributed by atoms with Crippen molar-refractivity contribution in [1.82, 2.24) is 10.6 Å². The molecule has 0 saturated carbocycles. The highest BCUT2D eigenvalue weighted by molar-refractivity contribution is 14.0. The Morgan fingerprint density at radius 1 is 1.08 bits per heavy atom. The number of rotatable bonds is 11. The van der Waals surface area contributed by atoms with E-state index in [4.69, 9.17) is 5.11 Å². The van der Waals surface area contributed by atoms with Crippen LogP contribution in [0.15, 0.2) is 35.3 Å². The van der Waals surface area contributed by atoms with Crippen LogP contribution in [0.25, 0.3) is 0 Å². The number of nitrogens with zero attached hydrogens (tertiary/aromatic N) is 1. The standard InChI is InChI=1S/C19H33N3O2.HI/c1-3-8-16(11-12-23)13-21-19(20-4-2)22-14-18(15-24)17-9-6-5-7-10-17;/h5-7,9-10,16,18,23-24H,3-4,8,11-15H2,1-2H3,(H2,20,21,22);1H. The van der Waals surface area contributed by atoms with E-state index in [2.05, 4.69) is 22.5 Å². The first-order valence-electron chi connectivity index (χ1n) is 9.03. The Bertz CT molecular complexity index is 451. The van der Waals surface area contributed by atoms with Crippen LogP contribution in [-0.4, -0.2) is 49.0 Å². The molecular weight excluding hydrogens is 429 g/mol. The van der Waals surface area contributed by atoms with Gasteiger partial charge in [-0.25, -0.2) is 0 Å². The van der Waals surface area contributed by atoms with E-state index in [1.807, 2.05) is 37.3 Å². The molecule has 0 spiro atoms. The molecule has 0 bridgehead atoms. The van der Waals surface area contributed by atoms with Crippen molar-refractivity contribution in [2.45, 2.75) is 39.0 Å². The van der Waals surface area contributed by atoms with E-state index in [0.29, 0.717) is 19.0 Å². The normalized spacial score (nSPS) is 13.7. The van der Waals surface area contributed by atoms with Crippen LogP contribution in [0.3, 0.4) is 0 Å².